The lowest BCUT2D eigenvalue weighted by Gasteiger charge is -2.24. The molecule has 0 saturated carbocycles. The summed E-state index contributed by atoms with van der Waals surface area (Å²) in [5, 5.41) is 0. The van der Waals surface area contributed by atoms with Gasteiger partial charge in [0.25, 0.3) is 0 Å². The summed E-state index contributed by atoms with van der Waals surface area (Å²) >= 11 is 0. The molecular weight excluding hydrogens is 168 g/mol. The molecule has 0 aromatic heterocycles. The van der Waals surface area contributed by atoms with E-state index in [2.05, 4.69) is 0 Å². The van der Waals surface area contributed by atoms with E-state index in [-0.39, 0.29) is 18.4 Å². The smallest absolute Gasteiger partial charge is 0.231 e. The molecule has 0 rings (SSSR count). The molecule has 13 heavy (non-hydrogen) atoms. The number of carbonyl (C=O) groups is 2. The largest absolute Gasteiger partial charge is 0.369 e. The van der Waals surface area contributed by atoms with Gasteiger partial charge in [0.15, 0.2) is 0 Å². The van der Waals surface area contributed by atoms with Crippen LogP contribution in [-0.4, -0.2) is 35.7 Å². The lowest BCUT2D eigenvalue weighted by atomic mass is 10.1. The summed E-state index contributed by atoms with van der Waals surface area (Å²) in [5.74, 6) is -0.249. The van der Waals surface area contributed by atoms with E-state index in [1.54, 1.807) is 11.8 Å². The number of ketones is 1. The zero-order valence-corrected chi connectivity index (χ0v) is 8.54. The van der Waals surface area contributed by atoms with Crippen LogP contribution in [-0.2, 0) is 9.59 Å². The summed E-state index contributed by atoms with van der Waals surface area (Å²) < 4.78 is 0. The molecule has 0 spiro atoms. The van der Waals surface area contributed by atoms with Crippen molar-refractivity contribution >= 4 is 11.7 Å². The molecule has 0 aliphatic carbocycles. The highest BCUT2D eigenvalue weighted by Crippen LogP contribution is 2.01. The van der Waals surface area contributed by atoms with E-state index in [0.29, 0.717) is 13.0 Å². The molecule has 4 heteroatoms. The van der Waals surface area contributed by atoms with Gasteiger partial charge < -0.3 is 5.73 Å². The molecule has 4 nitrogen and oxygen atoms in total. The minimum absolute atomic E-state index is 0.142. The maximum atomic E-state index is 11.3. The van der Waals surface area contributed by atoms with Gasteiger partial charge >= 0.3 is 0 Å². The zero-order valence-electron chi connectivity index (χ0n) is 8.54. The Labute approximate surface area is 79.1 Å². The van der Waals surface area contributed by atoms with Crippen molar-refractivity contribution in [3.05, 3.63) is 0 Å². The Morgan fingerprint density at radius 3 is 2.23 bits per heavy atom. The van der Waals surface area contributed by atoms with Gasteiger partial charge in [0, 0.05) is 6.42 Å². The summed E-state index contributed by atoms with van der Waals surface area (Å²) in [5.41, 5.74) is 5.06. The second-order valence-electron chi connectivity index (χ2n) is 3.03. The summed E-state index contributed by atoms with van der Waals surface area (Å²) in [6.45, 7) is 6.34. The first-order chi connectivity index (χ1) is 6.02. The molecular formula is C9H18N2O2. The minimum Gasteiger partial charge on any atom is -0.369 e. The van der Waals surface area contributed by atoms with E-state index in [4.69, 9.17) is 5.73 Å². The van der Waals surface area contributed by atoms with Crippen LogP contribution >= 0.6 is 0 Å². The van der Waals surface area contributed by atoms with Gasteiger partial charge in [-0.25, -0.2) is 0 Å². The number of hydrogen-bond acceptors (Lipinski definition) is 3. The SMILES string of the molecule is CCC(=O)C(C)N(CC)CC(N)=O. The van der Waals surface area contributed by atoms with Gasteiger partial charge in [0.2, 0.25) is 5.91 Å². The molecule has 0 radical (unpaired) electrons. The van der Waals surface area contributed by atoms with Crippen molar-refractivity contribution in [1.82, 2.24) is 4.90 Å². The average molecular weight is 186 g/mol. The van der Waals surface area contributed by atoms with Crippen LogP contribution in [0.5, 0.6) is 0 Å². The van der Waals surface area contributed by atoms with Gasteiger partial charge in [-0.05, 0) is 13.5 Å². The first-order valence-electron chi connectivity index (χ1n) is 4.57. The number of primary amides is 1. The Kier molecular flexibility index (Phi) is 5.30. The van der Waals surface area contributed by atoms with Crippen molar-refractivity contribution in [2.45, 2.75) is 33.2 Å². The predicted octanol–water partition coefficient (Wildman–Crippen LogP) is 0.161. The maximum Gasteiger partial charge on any atom is 0.231 e. The second-order valence-corrected chi connectivity index (χ2v) is 3.03. The number of amides is 1. The van der Waals surface area contributed by atoms with Crippen LogP contribution in [0.4, 0.5) is 0 Å². The molecule has 0 heterocycles. The van der Waals surface area contributed by atoms with Crippen molar-refractivity contribution in [3.8, 4) is 0 Å². The lowest BCUT2D eigenvalue weighted by molar-refractivity contribution is -0.125. The molecule has 0 saturated heterocycles. The summed E-state index contributed by atoms with van der Waals surface area (Å²) in [6, 6.07) is -0.206. The molecule has 0 fully saturated rings. The van der Waals surface area contributed by atoms with Crippen LogP contribution in [0.25, 0.3) is 0 Å². The van der Waals surface area contributed by atoms with Crippen LogP contribution in [0.1, 0.15) is 27.2 Å². The Bertz CT molecular complexity index is 192. The predicted molar refractivity (Wildman–Crippen MR) is 51.2 cm³/mol. The number of rotatable bonds is 6. The van der Waals surface area contributed by atoms with Crippen molar-refractivity contribution < 1.29 is 9.59 Å². The monoisotopic (exact) mass is 186 g/mol. The van der Waals surface area contributed by atoms with Crippen molar-refractivity contribution in [2.75, 3.05) is 13.1 Å². The Morgan fingerprint density at radius 1 is 1.38 bits per heavy atom. The topological polar surface area (TPSA) is 63.4 Å². The minimum atomic E-state index is -0.391. The highest BCUT2D eigenvalue weighted by atomic mass is 16.1. The maximum absolute atomic E-state index is 11.3. The second kappa shape index (κ2) is 5.70. The van der Waals surface area contributed by atoms with Crippen molar-refractivity contribution in [3.63, 3.8) is 0 Å². The van der Waals surface area contributed by atoms with E-state index in [9.17, 15) is 9.59 Å². The van der Waals surface area contributed by atoms with E-state index in [1.165, 1.54) is 0 Å². The van der Waals surface area contributed by atoms with Crippen LogP contribution in [0, 0.1) is 0 Å². The molecule has 0 aliphatic heterocycles. The first-order valence-corrected chi connectivity index (χ1v) is 4.57. The molecule has 1 unspecified atom stereocenters. The van der Waals surface area contributed by atoms with Gasteiger partial charge in [0.1, 0.15) is 5.78 Å². The van der Waals surface area contributed by atoms with E-state index in [0.717, 1.165) is 0 Å². The summed E-state index contributed by atoms with van der Waals surface area (Å²) in [7, 11) is 0. The van der Waals surface area contributed by atoms with E-state index < -0.39 is 5.91 Å². The number of likely N-dealkylation sites (N-methyl/N-ethyl adjacent to an activating group) is 1. The van der Waals surface area contributed by atoms with Gasteiger partial charge in [-0.3, -0.25) is 14.5 Å². The highest BCUT2D eigenvalue weighted by Gasteiger charge is 2.19. The third-order valence-electron chi connectivity index (χ3n) is 2.13. The number of carbonyl (C=O) groups excluding carboxylic acids is 2. The molecule has 0 bridgehead atoms. The van der Waals surface area contributed by atoms with Gasteiger partial charge in [-0.1, -0.05) is 13.8 Å². The quantitative estimate of drug-likeness (QED) is 0.642. The molecule has 2 N–H and O–H groups in total. The average Bonchev–Trinajstić information content (AvgIpc) is 2.11. The normalized spacial score (nSPS) is 12.9. The third-order valence-corrected chi connectivity index (χ3v) is 2.13. The fraction of sp³-hybridized carbons (Fsp3) is 0.778. The summed E-state index contributed by atoms with van der Waals surface area (Å²) in [6.07, 6.45) is 0.496. The fourth-order valence-corrected chi connectivity index (χ4v) is 1.22. The number of nitrogens with two attached hydrogens (primary N) is 1. The number of hydrogen-bond donors (Lipinski definition) is 1. The standard InChI is InChI=1S/C9H18N2O2/c1-4-8(12)7(3)11(5-2)6-9(10)13/h7H,4-6H2,1-3H3,(H2,10,13). The van der Waals surface area contributed by atoms with E-state index in [1.807, 2.05) is 13.8 Å². The van der Waals surface area contributed by atoms with Crippen LogP contribution in [0.15, 0.2) is 0 Å². The molecule has 0 aromatic carbocycles. The zero-order chi connectivity index (χ0) is 10.4. The van der Waals surface area contributed by atoms with Crippen molar-refractivity contribution in [2.24, 2.45) is 5.73 Å². The van der Waals surface area contributed by atoms with Gasteiger partial charge in [-0.2, -0.15) is 0 Å². The van der Waals surface area contributed by atoms with Crippen LogP contribution in [0.3, 0.4) is 0 Å². The Hall–Kier alpha value is -0.900. The molecule has 1 atom stereocenters. The molecule has 0 aromatic rings. The van der Waals surface area contributed by atoms with Gasteiger partial charge in [-0.15, -0.1) is 0 Å². The highest BCUT2D eigenvalue weighted by molar-refractivity contribution is 5.84. The number of nitrogens with zero attached hydrogens (tertiary/aromatic N) is 1. The number of Topliss-reactive ketones (excluding diaryl/α,β-unsaturated/α-hetero) is 1. The third kappa shape index (κ3) is 4.03. The van der Waals surface area contributed by atoms with Crippen LogP contribution in [0.2, 0.25) is 0 Å². The van der Waals surface area contributed by atoms with E-state index >= 15 is 0 Å². The summed E-state index contributed by atoms with van der Waals surface area (Å²) in [4.78, 5) is 23.7. The Morgan fingerprint density at radius 2 is 1.92 bits per heavy atom. The molecule has 0 aliphatic rings. The van der Waals surface area contributed by atoms with Gasteiger partial charge in [0.05, 0.1) is 12.6 Å². The van der Waals surface area contributed by atoms with Crippen molar-refractivity contribution in [1.29, 1.82) is 0 Å². The molecule has 1 amide bonds. The Balaban J connectivity index is 4.22. The fourth-order valence-electron chi connectivity index (χ4n) is 1.22. The molecule has 76 valence electrons. The first kappa shape index (κ1) is 12.1. The lowest BCUT2D eigenvalue weighted by Crippen LogP contribution is -2.43. The van der Waals surface area contributed by atoms with Crippen LogP contribution < -0.4 is 5.73 Å².